The topological polar surface area (TPSA) is 24.5 Å². The molecule has 3 nitrogen and oxygen atoms in total. The molecule has 1 N–H and O–H groups in total. The van der Waals surface area contributed by atoms with Gasteiger partial charge < -0.3 is 10.1 Å². The van der Waals surface area contributed by atoms with Gasteiger partial charge >= 0.3 is 0 Å². The van der Waals surface area contributed by atoms with Crippen molar-refractivity contribution in [3.8, 4) is 0 Å². The maximum Gasteiger partial charge on any atom is 0.110 e. The smallest absolute Gasteiger partial charge is 0.110 e. The van der Waals surface area contributed by atoms with Gasteiger partial charge in [0.2, 0.25) is 0 Å². The van der Waals surface area contributed by atoms with Crippen LogP contribution < -0.4 is 5.32 Å². The molecule has 0 saturated carbocycles. The van der Waals surface area contributed by atoms with Crippen molar-refractivity contribution in [2.24, 2.45) is 0 Å². The highest BCUT2D eigenvalue weighted by Crippen LogP contribution is 2.20. The van der Waals surface area contributed by atoms with Crippen molar-refractivity contribution in [2.45, 2.75) is 64.1 Å². The van der Waals surface area contributed by atoms with Crippen LogP contribution in [0, 0.1) is 0 Å². The van der Waals surface area contributed by atoms with E-state index >= 15 is 0 Å². The van der Waals surface area contributed by atoms with Crippen molar-refractivity contribution in [2.75, 3.05) is 19.6 Å². The summed E-state index contributed by atoms with van der Waals surface area (Å²) in [4.78, 5) is 2.59. The summed E-state index contributed by atoms with van der Waals surface area (Å²) in [5.41, 5.74) is 0.322. The van der Waals surface area contributed by atoms with E-state index in [-0.39, 0.29) is 0 Å². The minimum Gasteiger partial charge on any atom is -0.497 e. The van der Waals surface area contributed by atoms with Gasteiger partial charge in [-0.2, -0.15) is 0 Å². The van der Waals surface area contributed by atoms with Gasteiger partial charge in [-0.1, -0.05) is 0 Å². The third-order valence-electron chi connectivity index (χ3n) is 4.10. The summed E-state index contributed by atoms with van der Waals surface area (Å²) in [6.07, 6.45) is 9.20. The molecule has 0 bridgehead atoms. The summed E-state index contributed by atoms with van der Waals surface area (Å²) in [6.45, 7) is 10.4. The zero-order chi connectivity index (χ0) is 13.0. The molecule has 2 rings (SSSR count). The number of allylic oxidation sites excluding steroid dienone is 1. The van der Waals surface area contributed by atoms with E-state index in [1.54, 1.807) is 0 Å². The van der Waals surface area contributed by atoms with Crippen molar-refractivity contribution < 1.29 is 4.74 Å². The molecular weight excluding hydrogens is 224 g/mol. The predicted octanol–water partition coefficient (Wildman–Crippen LogP) is 2.53. The second-order valence-electron chi connectivity index (χ2n) is 6.55. The van der Waals surface area contributed by atoms with Gasteiger partial charge in [-0.05, 0) is 52.5 Å². The largest absolute Gasteiger partial charge is 0.497 e. The van der Waals surface area contributed by atoms with Crippen LogP contribution in [0.25, 0.3) is 0 Å². The van der Waals surface area contributed by atoms with E-state index in [2.05, 4.69) is 37.1 Å². The Morgan fingerprint density at radius 3 is 2.50 bits per heavy atom. The molecule has 18 heavy (non-hydrogen) atoms. The fraction of sp³-hybridized carbons (Fsp3) is 0.867. The van der Waals surface area contributed by atoms with Crippen molar-refractivity contribution in [3.05, 3.63) is 12.3 Å². The molecule has 2 heterocycles. The molecule has 0 aromatic heterocycles. The molecule has 1 atom stereocenters. The Labute approximate surface area is 112 Å². The Hall–Kier alpha value is -0.540. The minimum atomic E-state index is 0.322. The molecule has 1 fully saturated rings. The summed E-state index contributed by atoms with van der Waals surface area (Å²) in [7, 11) is 0. The second kappa shape index (κ2) is 6.07. The molecule has 0 amide bonds. The summed E-state index contributed by atoms with van der Waals surface area (Å²) >= 11 is 0. The lowest BCUT2D eigenvalue weighted by atomic mass is 9.98. The van der Waals surface area contributed by atoms with Gasteiger partial charge in [0, 0.05) is 31.2 Å². The van der Waals surface area contributed by atoms with Crippen LogP contribution in [0.15, 0.2) is 12.3 Å². The highest BCUT2D eigenvalue weighted by Gasteiger charge is 2.27. The van der Waals surface area contributed by atoms with Crippen molar-refractivity contribution in [3.63, 3.8) is 0 Å². The van der Waals surface area contributed by atoms with E-state index in [1.807, 2.05) is 6.26 Å². The number of hydrogen-bond acceptors (Lipinski definition) is 3. The average molecular weight is 252 g/mol. The van der Waals surface area contributed by atoms with E-state index in [0.29, 0.717) is 17.7 Å². The Morgan fingerprint density at radius 1 is 1.22 bits per heavy atom. The summed E-state index contributed by atoms with van der Waals surface area (Å²) in [6, 6.07) is 0.679. The lowest BCUT2D eigenvalue weighted by molar-refractivity contribution is 0.0844. The molecule has 2 aliphatic heterocycles. The molecule has 0 aromatic carbocycles. The standard InChI is InChI=1S/C15H28N2O/c1-15(2,3)17-9-7-13(8-10-17)16-12-14-6-4-5-11-18-14/h5,11,13-14,16H,4,6-10,12H2,1-3H3. The first-order chi connectivity index (χ1) is 8.55. The first kappa shape index (κ1) is 13.9. The zero-order valence-electron chi connectivity index (χ0n) is 12.1. The van der Waals surface area contributed by atoms with E-state index < -0.39 is 0 Å². The number of likely N-dealkylation sites (tertiary alicyclic amines) is 1. The predicted molar refractivity (Wildman–Crippen MR) is 75.6 cm³/mol. The Kier molecular flexibility index (Phi) is 4.68. The van der Waals surface area contributed by atoms with Crippen molar-refractivity contribution in [1.82, 2.24) is 10.2 Å². The fourth-order valence-corrected chi connectivity index (χ4v) is 2.79. The van der Waals surface area contributed by atoms with Crippen LogP contribution in [-0.4, -0.2) is 42.2 Å². The number of nitrogens with zero attached hydrogens (tertiary/aromatic N) is 1. The quantitative estimate of drug-likeness (QED) is 0.835. The Bertz CT molecular complexity index is 275. The molecule has 2 aliphatic rings. The number of rotatable bonds is 3. The maximum absolute atomic E-state index is 5.59. The number of ether oxygens (including phenoxy) is 1. The van der Waals surface area contributed by atoms with E-state index in [1.165, 1.54) is 25.9 Å². The van der Waals surface area contributed by atoms with Crippen LogP contribution in [0.2, 0.25) is 0 Å². The van der Waals surface area contributed by atoms with Crippen LogP contribution in [0.1, 0.15) is 46.5 Å². The molecule has 0 aromatic rings. The molecule has 0 aliphatic carbocycles. The highest BCUT2D eigenvalue weighted by atomic mass is 16.5. The molecule has 104 valence electrons. The Morgan fingerprint density at radius 2 is 1.94 bits per heavy atom. The van der Waals surface area contributed by atoms with E-state index in [9.17, 15) is 0 Å². The molecule has 0 spiro atoms. The van der Waals surface area contributed by atoms with Crippen LogP contribution >= 0.6 is 0 Å². The first-order valence-electron chi connectivity index (χ1n) is 7.34. The number of piperidine rings is 1. The van der Waals surface area contributed by atoms with Crippen molar-refractivity contribution >= 4 is 0 Å². The molecule has 3 heteroatoms. The van der Waals surface area contributed by atoms with Gasteiger partial charge in [0.25, 0.3) is 0 Å². The normalized spacial score (nSPS) is 27.2. The van der Waals surface area contributed by atoms with Crippen molar-refractivity contribution in [1.29, 1.82) is 0 Å². The molecule has 1 unspecified atom stereocenters. The SMILES string of the molecule is CC(C)(C)N1CCC(NCC2CCC=CO2)CC1. The van der Waals surface area contributed by atoms with Crippen LogP contribution in [-0.2, 0) is 4.74 Å². The third-order valence-corrected chi connectivity index (χ3v) is 4.10. The maximum atomic E-state index is 5.59. The molecule has 0 radical (unpaired) electrons. The monoisotopic (exact) mass is 252 g/mol. The van der Waals surface area contributed by atoms with Crippen LogP contribution in [0.4, 0.5) is 0 Å². The molecular formula is C15H28N2O. The van der Waals surface area contributed by atoms with Gasteiger partial charge in [0.15, 0.2) is 0 Å². The van der Waals surface area contributed by atoms with Gasteiger partial charge in [-0.25, -0.2) is 0 Å². The van der Waals surface area contributed by atoms with Crippen LogP contribution in [0.3, 0.4) is 0 Å². The third kappa shape index (κ3) is 3.99. The molecule has 1 saturated heterocycles. The summed E-state index contributed by atoms with van der Waals surface area (Å²) in [5.74, 6) is 0. The zero-order valence-corrected chi connectivity index (χ0v) is 12.1. The van der Waals surface area contributed by atoms with Gasteiger partial charge in [-0.15, -0.1) is 0 Å². The van der Waals surface area contributed by atoms with Gasteiger partial charge in [0.05, 0.1) is 6.26 Å². The van der Waals surface area contributed by atoms with Gasteiger partial charge in [-0.3, -0.25) is 4.90 Å². The Balaban J connectivity index is 1.66. The minimum absolute atomic E-state index is 0.322. The first-order valence-corrected chi connectivity index (χ1v) is 7.34. The number of hydrogen-bond donors (Lipinski definition) is 1. The second-order valence-corrected chi connectivity index (χ2v) is 6.55. The average Bonchev–Trinajstić information content (AvgIpc) is 2.37. The summed E-state index contributed by atoms with van der Waals surface area (Å²) < 4.78 is 5.59. The lowest BCUT2D eigenvalue weighted by Gasteiger charge is -2.41. The summed E-state index contributed by atoms with van der Waals surface area (Å²) in [5, 5.41) is 3.68. The highest BCUT2D eigenvalue weighted by molar-refractivity contribution is 4.87. The van der Waals surface area contributed by atoms with Crippen LogP contribution in [0.5, 0.6) is 0 Å². The van der Waals surface area contributed by atoms with E-state index in [4.69, 9.17) is 4.74 Å². The lowest BCUT2D eigenvalue weighted by Crippen LogP contribution is -2.50. The van der Waals surface area contributed by atoms with Gasteiger partial charge in [0.1, 0.15) is 6.10 Å². The fourth-order valence-electron chi connectivity index (χ4n) is 2.79. The van der Waals surface area contributed by atoms with E-state index in [0.717, 1.165) is 19.4 Å². The number of nitrogens with one attached hydrogen (secondary N) is 1.